The van der Waals surface area contributed by atoms with Crippen LogP contribution in [0.25, 0.3) is 0 Å². The highest BCUT2D eigenvalue weighted by Gasteiger charge is 2.23. The molecule has 0 aliphatic rings. The average molecular weight is 426 g/mol. The first-order chi connectivity index (χ1) is 13.1. The minimum Gasteiger partial charge on any atom is -0.481 e. The van der Waals surface area contributed by atoms with Gasteiger partial charge in [0.15, 0.2) is 0 Å². The highest BCUT2D eigenvalue weighted by molar-refractivity contribution is 7.51. The molecule has 0 aliphatic carbocycles. The summed E-state index contributed by atoms with van der Waals surface area (Å²) < 4.78 is 10.1. The molecule has 1 unspecified atom stereocenters. The lowest BCUT2D eigenvalue weighted by molar-refractivity contribution is -0.137. The standard InChI is InChI=1S/C16H32O2.C3H8NO5P/c1-2-3-4-5-6-7-8-9-10-11-12-13-14-15-16(17)18;4-3(6)2(5)1-10(7,8)9/h2-15H2,1H3,(H,17,18);2,5H,1H2,(H2,4,6)(H2,7,8,9). The first-order valence-electron chi connectivity index (χ1n) is 10.3. The van der Waals surface area contributed by atoms with Crippen LogP contribution in [0.5, 0.6) is 0 Å². The Labute approximate surface area is 169 Å². The number of carbonyl (C=O) groups is 2. The van der Waals surface area contributed by atoms with Crippen molar-refractivity contribution < 1.29 is 34.2 Å². The molecule has 9 heteroatoms. The van der Waals surface area contributed by atoms with Crippen molar-refractivity contribution in [1.29, 1.82) is 0 Å². The number of carboxylic acids is 1. The molecule has 28 heavy (non-hydrogen) atoms. The van der Waals surface area contributed by atoms with Crippen molar-refractivity contribution >= 4 is 19.5 Å². The van der Waals surface area contributed by atoms with Crippen molar-refractivity contribution in [2.24, 2.45) is 5.73 Å². The second-order valence-corrected chi connectivity index (χ2v) is 8.85. The van der Waals surface area contributed by atoms with Crippen molar-refractivity contribution in [2.45, 2.75) is 103 Å². The third kappa shape index (κ3) is 27.3. The van der Waals surface area contributed by atoms with E-state index in [1.165, 1.54) is 70.6 Å². The Balaban J connectivity index is 0. The quantitative estimate of drug-likeness (QED) is 0.176. The van der Waals surface area contributed by atoms with Crippen molar-refractivity contribution in [3.05, 3.63) is 0 Å². The van der Waals surface area contributed by atoms with Crippen LogP contribution < -0.4 is 5.73 Å². The van der Waals surface area contributed by atoms with E-state index in [9.17, 15) is 14.2 Å². The minimum absolute atomic E-state index is 0.345. The topological polar surface area (TPSA) is 158 Å². The van der Waals surface area contributed by atoms with Crippen LogP contribution >= 0.6 is 7.60 Å². The van der Waals surface area contributed by atoms with E-state index in [0.717, 1.165) is 12.8 Å². The predicted octanol–water partition coefficient (Wildman–Crippen LogP) is 3.56. The predicted molar refractivity (Wildman–Crippen MR) is 110 cm³/mol. The van der Waals surface area contributed by atoms with E-state index in [1.807, 2.05) is 0 Å². The number of carbonyl (C=O) groups excluding carboxylic acids is 1. The summed E-state index contributed by atoms with van der Waals surface area (Å²) in [4.78, 5) is 36.7. The molecule has 0 fully saturated rings. The van der Waals surface area contributed by atoms with Gasteiger partial charge in [0.2, 0.25) is 5.91 Å². The Morgan fingerprint density at radius 3 is 1.43 bits per heavy atom. The fourth-order valence-electron chi connectivity index (χ4n) is 2.61. The first-order valence-corrected chi connectivity index (χ1v) is 12.1. The Morgan fingerprint density at radius 1 is 0.821 bits per heavy atom. The van der Waals surface area contributed by atoms with Crippen LogP contribution in [0.2, 0.25) is 0 Å². The molecule has 0 heterocycles. The van der Waals surface area contributed by atoms with Gasteiger partial charge in [-0.15, -0.1) is 0 Å². The fourth-order valence-corrected chi connectivity index (χ4v) is 3.24. The lowest BCUT2D eigenvalue weighted by Gasteiger charge is -2.06. The summed E-state index contributed by atoms with van der Waals surface area (Å²) in [6.45, 7) is 2.26. The molecule has 6 N–H and O–H groups in total. The van der Waals surface area contributed by atoms with E-state index in [1.54, 1.807) is 0 Å². The van der Waals surface area contributed by atoms with Crippen molar-refractivity contribution in [1.82, 2.24) is 0 Å². The van der Waals surface area contributed by atoms with Gasteiger partial charge in [-0.05, 0) is 6.42 Å². The summed E-state index contributed by atoms with van der Waals surface area (Å²) in [5.74, 6) is -1.79. The van der Waals surface area contributed by atoms with Crippen LogP contribution in [0.15, 0.2) is 0 Å². The Hall–Kier alpha value is -0.950. The third-order valence-corrected chi connectivity index (χ3v) is 5.05. The average Bonchev–Trinajstić information content (AvgIpc) is 2.58. The molecule has 0 bridgehead atoms. The Bertz CT molecular complexity index is 440. The van der Waals surface area contributed by atoms with E-state index >= 15 is 0 Å². The first kappa shape index (κ1) is 29.3. The van der Waals surface area contributed by atoms with E-state index in [4.69, 9.17) is 20.0 Å². The number of nitrogens with two attached hydrogens (primary N) is 1. The third-order valence-electron chi connectivity index (χ3n) is 4.23. The molecule has 0 rings (SSSR count). The molecule has 0 saturated carbocycles. The number of primary amides is 1. The Kier molecular flexibility index (Phi) is 20.2. The second kappa shape index (κ2) is 19.4. The summed E-state index contributed by atoms with van der Waals surface area (Å²) >= 11 is 0. The molecule has 8 nitrogen and oxygen atoms in total. The number of unbranched alkanes of at least 4 members (excludes halogenated alkanes) is 12. The molecule has 0 aromatic rings. The zero-order chi connectivity index (χ0) is 21.8. The second-order valence-electron chi connectivity index (χ2n) is 7.15. The maximum absolute atomic E-state index is 10.3. The number of aliphatic hydroxyl groups is 1. The smallest absolute Gasteiger partial charge is 0.328 e. The van der Waals surface area contributed by atoms with E-state index < -0.39 is 31.7 Å². The number of amides is 1. The number of carboxylic acid groups (broad SMARTS) is 1. The number of hydrogen-bond donors (Lipinski definition) is 5. The molecule has 0 saturated heterocycles. The molecule has 0 aliphatic heterocycles. The number of rotatable bonds is 17. The van der Waals surface area contributed by atoms with Gasteiger partial charge in [0.25, 0.3) is 0 Å². The van der Waals surface area contributed by atoms with E-state index in [2.05, 4.69) is 12.7 Å². The maximum atomic E-state index is 10.3. The molecule has 0 aromatic carbocycles. The summed E-state index contributed by atoms with van der Waals surface area (Å²) in [6.07, 6.45) is 14.6. The fraction of sp³-hybridized carbons (Fsp3) is 0.895. The lowest BCUT2D eigenvalue weighted by atomic mass is 10.0. The van der Waals surface area contributed by atoms with Crippen LogP contribution in [0.1, 0.15) is 96.8 Å². The van der Waals surface area contributed by atoms with Crippen molar-refractivity contribution in [3.63, 3.8) is 0 Å². The molecular weight excluding hydrogens is 385 g/mol. The number of hydrogen-bond acceptors (Lipinski definition) is 4. The lowest BCUT2D eigenvalue weighted by Crippen LogP contribution is -2.31. The minimum atomic E-state index is -4.33. The SMILES string of the molecule is CCCCCCCCCCCCCCCC(=O)O.NC(=O)C(O)CP(=O)(O)O. The van der Waals surface area contributed by atoms with Gasteiger partial charge in [0.05, 0.1) is 6.16 Å². The molecule has 1 atom stereocenters. The normalized spacial score (nSPS) is 12.1. The van der Waals surface area contributed by atoms with Gasteiger partial charge in [0, 0.05) is 6.42 Å². The van der Waals surface area contributed by atoms with Gasteiger partial charge in [-0.1, -0.05) is 84.0 Å². The van der Waals surface area contributed by atoms with Gasteiger partial charge in [-0.2, -0.15) is 0 Å². The zero-order valence-electron chi connectivity index (χ0n) is 17.2. The van der Waals surface area contributed by atoms with Crippen LogP contribution in [-0.2, 0) is 14.2 Å². The Morgan fingerprint density at radius 2 is 1.18 bits per heavy atom. The largest absolute Gasteiger partial charge is 0.481 e. The monoisotopic (exact) mass is 425 g/mol. The zero-order valence-corrected chi connectivity index (χ0v) is 18.1. The summed E-state index contributed by atoms with van der Waals surface area (Å²) in [6, 6.07) is 0. The molecule has 0 aromatic heterocycles. The van der Waals surface area contributed by atoms with Crippen LogP contribution in [0, 0.1) is 0 Å². The van der Waals surface area contributed by atoms with Crippen LogP contribution in [-0.4, -0.2) is 44.1 Å². The van der Waals surface area contributed by atoms with Gasteiger partial charge in [-0.3, -0.25) is 14.2 Å². The van der Waals surface area contributed by atoms with Gasteiger partial charge >= 0.3 is 13.6 Å². The molecule has 0 radical (unpaired) electrons. The van der Waals surface area contributed by atoms with Crippen LogP contribution in [0.4, 0.5) is 0 Å². The van der Waals surface area contributed by atoms with Crippen molar-refractivity contribution in [3.8, 4) is 0 Å². The maximum Gasteiger partial charge on any atom is 0.328 e. The molecular formula is C19H40NO7P. The molecule has 1 amide bonds. The summed E-state index contributed by atoms with van der Waals surface area (Å²) in [5, 5.41) is 17.0. The van der Waals surface area contributed by atoms with E-state index in [0.29, 0.717) is 6.42 Å². The number of aliphatic hydroxyl groups excluding tert-OH is 1. The van der Waals surface area contributed by atoms with Crippen LogP contribution in [0.3, 0.4) is 0 Å². The summed E-state index contributed by atoms with van der Waals surface area (Å²) in [7, 11) is -4.33. The highest BCUT2D eigenvalue weighted by atomic mass is 31.2. The highest BCUT2D eigenvalue weighted by Crippen LogP contribution is 2.34. The van der Waals surface area contributed by atoms with Crippen molar-refractivity contribution in [2.75, 3.05) is 6.16 Å². The molecule has 0 spiro atoms. The summed E-state index contributed by atoms with van der Waals surface area (Å²) in [5.41, 5.74) is 4.51. The van der Waals surface area contributed by atoms with Gasteiger partial charge < -0.3 is 25.7 Å². The molecule has 168 valence electrons. The van der Waals surface area contributed by atoms with Gasteiger partial charge in [-0.25, -0.2) is 0 Å². The van der Waals surface area contributed by atoms with E-state index in [-0.39, 0.29) is 0 Å². The number of aliphatic carboxylic acids is 1. The van der Waals surface area contributed by atoms with Gasteiger partial charge in [0.1, 0.15) is 6.10 Å².